The highest BCUT2D eigenvalue weighted by Crippen LogP contribution is 2.29. The maximum Gasteiger partial charge on any atom is 0.320 e. The fraction of sp³-hybridized carbons (Fsp3) is 0.533. The fourth-order valence-corrected chi connectivity index (χ4v) is 2.95. The van der Waals surface area contributed by atoms with Crippen molar-refractivity contribution in [3.05, 3.63) is 28.8 Å². The third kappa shape index (κ3) is 3.44. The zero-order valence-corrected chi connectivity index (χ0v) is 12.4. The summed E-state index contributed by atoms with van der Waals surface area (Å²) < 4.78 is 5.34. The lowest BCUT2D eigenvalue weighted by Crippen LogP contribution is -2.40. The Kier molecular flexibility index (Phi) is 5.26. The molecule has 2 rings (SSSR count). The molecule has 1 aromatic carbocycles. The summed E-state index contributed by atoms with van der Waals surface area (Å²) in [5, 5.41) is 10.0. The first kappa shape index (κ1) is 15.1. The average molecular weight is 298 g/mol. The van der Waals surface area contributed by atoms with Gasteiger partial charge in [-0.15, -0.1) is 0 Å². The van der Waals surface area contributed by atoms with E-state index in [1.165, 1.54) is 0 Å². The Hall–Kier alpha value is -1.26. The summed E-state index contributed by atoms with van der Waals surface area (Å²) in [5.41, 5.74) is 0.866. The molecule has 0 radical (unpaired) electrons. The molecular formula is C15H20ClNO3. The summed E-state index contributed by atoms with van der Waals surface area (Å²) in [7, 11) is 1.60. The zero-order chi connectivity index (χ0) is 14.5. The van der Waals surface area contributed by atoms with E-state index in [2.05, 4.69) is 0 Å². The van der Waals surface area contributed by atoms with Crippen LogP contribution in [0, 0.1) is 0 Å². The lowest BCUT2D eigenvalue weighted by molar-refractivity contribution is -0.143. The molecule has 1 atom stereocenters. The van der Waals surface area contributed by atoms with Gasteiger partial charge in [-0.25, -0.2) is 0 Å². The third-order valence-corrected chi connectivity index (χ3v) is 4.16. The molecule has 0 aliphatic carbocycles. The summed E-state index contributed by atoms with van der Waals surface area (Å²) in [4.78, 5) is 13.4. The highest BCUT2D eigenvalue weighted by Gasteiger charge is 2.28. The maximum absolute atomic E-state index is 11.4. The van der Waals surface area contributed by atoms with Gasteiger partial charge < -0.3 is 9.84 Å². The first-order chi connectivity index (χ1) is 9.63. The Morgan fingerprint density at radius 3 is 2.95 bits per heavy atom. The molecule has 0 bridgehead atoms. The number of hydrogen-bond donors (Lipinski definition) is 1. The number of methoxy groups -OCH3 is 1. The van der Waals surface area contributed by atoms with Gasteiger partial charge in [0.25, 0.3) is 0 Å². The first-order valence-corrected chi connectivity index (χ1v) is 7.29. The third-order valence-electron chi connectivity index (χ3n) is 3.81. The summed E-state index contributed by atoms with van der Waals surface area (Å²) in [6.07, 6.45) is 3.77. The standard InChI is InChI=1S/C15H20ClNO3/c1-20-14-8-5-6-12(16)11(14)10-17-9-4-2-3-7-13(17)15(18)19/h5-6,8,13H,2-4,7,9-10H2,1H3,(H,18,19). The molecule has 1 fully saturated rings. The molecule has 0 aromatic heterocycles. The Balaban J connectivity index is 2.24. The Morgan fingerprint density at radius 1 is 1.45 bits per heavy atom. The van der Waals surface area contributed by atoms with Gasteiger partial charge in [-0.1, -0.05) is 30.5 Å². The van der Waals surface area contributed by atoms with Crippen LogP contribution in [0.1, 0.15) is 31.2 Å². The number of hydrogen-bond acceptors (Lipinski definition) is 3. The number of aliphatic carboxylic acids is 1. The van der Waals surface area contributed by atoms with Crippen LogP contribution in [0.5, 0.6) is 5.75 Å². The van der Waals surface area contributed by atoms with Gasteiger partial charge in [0.15, 0.2) is 0 Å². The molecule has 1 heterocycles. The molecular weight excluding hydrogens is 278 g/mol. The second-order valence-electron chi connectivity index (χ2n) is 5.09. The van der Waals surface area contributed by atoms with Gasteiger partial charge in [0.05, 0.1) is 7.11 Å². The normalized spacial score (nSPS) is 20.4. The Bertz CT molecular complexity index is 478. The molecule has 0 spiro atoms. The van der Waals surface area contributed by atoms with Crippen LogP contribution in [0.2, 0.25) is 5.02 Å². The molecule has 1 aliphatic rings. The molecule has 1 aliphatic heterocycles. The summed E-state index contributed by atoms with van der Waals surface area (Å²) in [6.45, 7) is 1.30. The lowest BCUT2D eigenvalue weighted by Gasteiger charge is -2.27. The SMILES string of the molecule is COc1cccc(Cl)c1CN1CCCCCC1C(=O)O. The predicted octanol–water partition coefficient (Wildman–Crippen LogP) is 3.18. The van der Waals surface area contributed by atoms with E-state index in [1.807, 2.05) is 23.1 Å². The number of likely N-dealkylation sites (tertiary alicyclic amines) is 1. The number of halogens is 1. The topological polar surface area (TPSA) is 49.8 Å². The van der Waals surface area contributed by atoms with Crippen LogP contribution >= 0.6 is 11.6 Å². The van der Waals surface area contributed by atoms with E-state index in [4.69, 9.17) is 16.3 Å². The second-order valence-corrected chi connectivity index (χ2v) is 5.50. The van der Waals surface area contributed by atoms with E-state index >= 15 is 0 Å². The number of carboxylic acids is 1. The highest BCUT2D eigenvalue weighted by molar-refractivity contribution is 6.31. The minimum absolute atomic E-state index is 0.432. The maximum atomic E-state index is 11.4. The molecule has 20 heavy (non-hydrogen) atoms. The molecule has 1 saturated heterocycles. The van der Waals surface area contributed by atoms with Crippen molar-refractivity contribution in [2.75, 3.05) is 13.7 Å². The van der Waals surface area contributed by atoms with Crippen molar-refractivity contribution in [2.45, 2.75) is 38.3 Å². The van der Waals surface area contributed by atoms with E-state index < -0.39 is 12.0 Å². The van der Waals surface area contributed by atoms with Crippen LogP contribution in [-0.4, -0.2) is 35.7 Å². The van der Waals surface area contributed by atoms with Crippen molar-refractivity contribution in [1.29, 1.82) is 0 Å². The van der Waals surface area contributed by atoms with Gasteiger partial charge in [-0.05, 0) is 31.5 Å². The van der Waals surface area contributed by atoms with Crippen molar-refractivity contribution < 1.29 is 14.6 Å². The molecule has 4 nitrogen and oxygen atoms in total. The quantitative estimate of drug-likeness (QED) is 0.927. The molecule has 5 heteroatoms. The van der Waals surface area contributed by atoms with Gasteiger partial charge in [0.2, 0.25) is 0 Å². The van der Waals surface area contributed by atoms with Gasteiger partial charge >= 0.3 is 5.97 Å². The van der Waals surface area contributed by atoms with Gasteiger partial charge in [0.1, 0.15) is 11.8 Å². The summed E-state index contributed by atoms with van der Waals surface area (Å²) in [6, 6.07) is 5.07. The Morgan fingerprint density at radius 2 is 2.25 bits per heavy atom. The molecule has 1 N–H and O–H groups in total. The highest BCUT2D eigenvalue weighted by atomic mass is 35.5. The van der Waals surface area contributed by atoms with Crippen LogP contribution < -0.4 is 4.74 Å². The number of carboxylic acid groups (broad SMARTS) is 1. The van der Waals surface area contributed by atoms with Gasteiger partial charge in [-0.2, -0.15) is 0 Å². The van der Waals surface area contributed by atoms with E-state index in [1.54, 1.807) is 7.11 Å². The monoisotopic (exact) mass is 297 g/mol. The molecule has 110 valence electrons. The fourth-order valence-electron chi connectivity index (χ4n) is 2.72. The van der Waals surface area contributed by atoms with Crippen molar-refractivity contribution in [1.82, 2.24) is 4.90 Å². The second kappa shape index (κ2) is 6.95. The van der Waals surface area contributed by atoms with E-state index in [0.717, 1.165) is 31.4 Å². The van der Waals surface area contributed by atoms with Crippen molar-refractivity contribution in [3.63, 3.8) is 0 Å². The number of rotatable bonds is 4. The number of benzene rings is 1. The van der Waals surface area contributed by atoms with Crippen LogP contribution in [0.15, 0.2) is 18.2 Å². The minimum atomic E-state index is -0.752. The average Bonchev–Trinajstić information content (AvgIpc) is 2.66. The van der Waals surface area contributed by atoms with E-state index in [-0.39, 0.29) is 0 Å². The number of ether oxygens (including phenoxy) is 1. The zero-order valence-electron chi connectivity index (χ0n) is 11.6. The summed E-state index contributed by atoms with van der Waals surface area (Å²) >= 11 is 6.24. The Labute approximate surface area is 124 Å². The van der Waals surface area contributed by atoms with Gasteiger partial charge in [0, 0.05) is 17.1 Å². The van der Waals surface area contributed by atoms with Crippen LogP contribution in [0.4, 0.5) is 0 Å². The number of carbonyl (C=O) groups is 1. The molecule has 0 amide bonds. The largest absolute Gasteiger partial charge is 0.496 e. The van der Waals surface area contributed by atoms with Crippen molar-refractivity contribution in [3.8, 4) is 5.75 Å². The van der Waals surface area contributed by atoms with E-state index in [0.29, 0.717) is 23.7 Å². The van der Waals surface area contributed by atoms with Crippen LogP contribution in [0.25, 0.3) is 0 Å². The van der Waals surface area contributed by atoms with Crippen LogP contribution in [0.3, 0.4) is 0 Å². The number of nitrogens with zero attached hydrogens (tertiary/aromatic N) is 1. The van der Waals surface area contributed by atoms with Crippen LogP contribution in [-0.2, 0) is 11.3 Å². The first-order valence-electron chi connectivity index (χ1n) is 6.91. The predicted molar refractivity (Wildman–Crippen MR) is 78.3 cm³/mol. The molecule has 1 unspecified atom stereocenters. The smallest absolute Gasteiger partial charge is 0.320 e. The van der Waals surface area contributed by atoms with Crippen molar-refractivity contribution in [2.24, 2.45) is 0 Å². The van der Waals surface area contributed by atoms with Gasteiger partial charge in [-0.3, -0.25) is 9.69 Å². The summed E-state index contributed by atoms with van der Waals surface area (Å²) in [5.74, 6) is -0.0381. The van der Waals surface area contributed by atoms with E-state index in [9.17, 15) is 9.90 Å². The van der Waals surface area contributed by atoms with Crippen molar-refractivity contribution >= 4 is 17.6 Å². The minimum Gasteiger partial charge on any atom is -0.496 e. The molecule has 1 aromatic rings. The molecule has 0 saturated carbocycles. The lowest BCUT2D eigenvalue weighted by atomic mass is 10.1.